The van der Waals surface area contributed by atoms with Gasteiger partial charge in [0.05, 0.1) is 11.4 Å². The van der Waals surface area contributed by atoms with Crippen molar-refractivity contribution < 1.29 is 9.90 Å². The second-order valence-electron chi connectivity index (χ2n) is 6.34. The number of carbonyl (C=O) groups is 1. The molecule has 0 spiro atoms. The zero-order chi connectivity index (χ0) is 17.8. The number of hydrogen-bond acceptors (Lipinski definition) is 4. The van der Waals surface area contributed by atoms with Gasteiger partial charge in [-0.1, -0.05) is 17.7 Å². The van der Waals surface area contributed by atoms with Crippen LogP contribution in [0.2, 0.25) is 5.02 Å². The fraction of sp³-hybridized carbons (Fsp3) is 0.368. The second-order valence-corrected chi connectivity index (χ2v) is 6.75. The number of aromatic nitrogens is 1. The highest BCUT2D eigenvalue weighted by atomic mass is 35.5. The van der Waals surface area contributed by atoms with Crippen molar-refractivity contribution in [2.24, 2.45) is 0 Å². The average molecular weight is 360 g/mol. The molecule has 1 aromatic heterocycles. The standard InChI is InChI=1S/C19H22ClN3O2/c1-14-11-16(5-6-21-14)22-7-2-8-23(10-9-22)19(25)13-15-3-4-18(24)17(20)12-15/h3-6,11-12,24H,2,7-10,13H2,1H3. The van der Waals surface area contributed by atoms with Crippen molar-refractivity contribution in [2.45, 2.75) is 19.8 Å². The second kappa shape index (κ2) is 7.74. The lowest BCUT2D eigenvalue weighted by Gasteiger charge is -2.24. The first-order valence-corrected chi connectivity index (χ1v) is 8.83. The van der Waals surface area contributed by atoms with E-state index in [1.165, 1.54) is 6.07 Å². The van der Waals surface area contributed by atoms with E-state index in [1.54, 1.807) is 12.1 Å². The maximum Gasteiger partial charge on any atom is 0.227 e. The number of phenols is 1. The molecule has 2 aromatic rings. The highest BCUT2D eigenvalue weighted by Gasteiger charge is 2.20. The lowest BCUT2D eigenvalue weighted by atomic mass is 10.1. The molecule has 3 rings (SSSR count). The molecule has 1 aliphatic heterocycles. The number of aromatic hydroxyl groups is 1. The molecule has 1 amide bonds. The van der Waals surface area contributed by atoms with Crippen LogP contribution in [0.1, 0.15) is 17.7 Å². The largest absolute Gasteiger partial charge is 0.506 e. The number of pyridine rings is 1. The molecule has 5 nitrogen and oxygen atoms in total. The first-order chi connectivity index (χ1) is 12.0. The Hall–Kier alpha value is -2.27. The third kappa shape index (κ3) is 4.42. The molecule has 1 aromatic carbocycles. The predicted molar refractivity (Wildman–Crippen MR) is 99.2 cm³/mol. The van der Waals surface area contributed by atoms with Crippen LogP contribution in [0.3, 0.4) is 0 Å². The number of benzene rings is 1. The Morgan fingerprint density at radius 3 is 2.80 bits per heavy atom. The lowest BCUT2D eigenvalue weighted by molar-refractivity contribution is -0.130. The van der Waals surface area contributed by atoms with Gasteiger partial charge in [0.25, 0.3) is 0 Å². The summed E-state index contributed by atoms with van der Waals surface area (Å²) in [4.78, 5) is 21.1. The lowest BCUT2D eigenvalue weighted by Crippen LogP contribution is -2.36. The van der Waals surface area contributed by atoms with E-state index in [1.807, 2.05) is 24.1 Å². The Labute approximate surface area is 152 Å². The minimum atomic E-state index is 0.0379. The van der Waals surface area contributed by atoms with E-state index >= 15 is 0 Å². The summed E-state index contributed by atoms with van der Waals surface area (Å²) in [5.41, 5.74) is 2.98. The number of phenolic OH excluding ortho intramolecular Hbond substituents is 1. The van der Waals surface area contributed by atoms with Gasteiger partial charge in [0.1, 0.15) is 5.75 Å². The molecule has 1 fully saturated rings. The van der Waals surface area contributed by atoms with Crippen molar-refractivity contribution in [2.75, 3.05) is 31.1 Å². The highest BCUT2D eigenvalue weighted by Crippen LogP contribution is 2.24. The summed E-state index contributed by atoms with van der Waals surface area (Å²) in [7, 11) is 0. The zero-order valence-electron chi connectivity index (χ0n) is 14.3. The molecule has 0 saturated carbocycles. The summed E-state index contributed by atoms with van der Waals surface area (Å²) in [5, 5.41) is 9.76. The van der Waals surface area contributed by atoms with Crippen molar-refractivity contribution in [3.63, 3.8) is 0 Å². The molecule has 0 atom stereocenters. The summed E-state index contributed by atoms with van der Waals surface area (Å²) in [6.07, 6.45) is 3.06. The minimum absolute atomic E-state index is 0.0379. The molecule has 0 radical (unpaired) electrons. The Balaban J connectivity index is 1.62. The summed E-state index contributed by atoms with van der Waals surface area (Å²) in [5.74, 6) is 0.130. The van der Waals surface area contributed by atoms with E-state index in [0.717, 1.165) is 43.0 Å². The van der Waals surface area contributed by atoms with Crippen molar-refractivity contribution in [1.29, 1.82) is 0 Å². The van der Waals surface area contributed by atoms with Gasteiger partial charge in [0.2, 0.25) is 5.91 Å². The third-order valence-corrected chi connectivity index (χ3v) is 4.76. The summed E-state index contributed by atoms with van der Waals surface area (Å²) in [6.45, 7) is 5.18. The van der Waals surface area contributed by atoms with Crippen LogP contribution in [0.15, 0.2) is 36.5 Å². The van der Waals surface area contributed by atoms with Gasteiger partial charge in [0.15, 0.2) is 0 Å². The van der Waals surface area contributed by atoms with E-state index in [9.17, 15) is 9.90 Å². The molecule has 1 aliphatic rings. The quantitative estimate of drug-likeness (QED) is 0.915. The number of aryl methyl sites for hydroxylation is 1. The average Bonchev–Trinajstić information content (AvgIpc) is 2.84. The fourth-order valence-corrected chi connectivity index (χ4v) is 3.30. The molecular formula is C19H22ClN3O2. The Morgan fingerprint density at radius 1 is 1.20 bits per heavy atom. The van der Waals surface area contributed by atoms with E-state index in [2.05, 4.69) is 16.0 Å². The van der Waals surface area contributed by atoms with E-state index in [0.29, 0.717) is 13.0 Å². The molecule has 1 saturated heterocycles. The van der Waals surface area contributed by atoms with E-state index < -0.39 is 0 Å². The van der Waals surface area contributed by atoms with Gasteiger partial charge in [-0.3, -0.25) is 9.78 Å². The first-order valence-electron chi connectivity index (χ1n) is 8.46. The summed E-state index contributed by atoms with van der Waals surface area (Å²) >= 11 is 5.92. The molecule has 0 unspecified atom stereocenters. The van der Waals surface area contributed by atoms with Gasteiger partial charge in [-0.25, -0.2) is 0 Å². The van der Waals surface area contributed by atoms with Crippen LogP contribution in [-0.4, -0.2) is 47.1 Å². The summed E-state index contributed by atoms with van der Waals surface area (Å²) < 4.78 is 0. The molecule has 25 heavy (non-hydrogen) atoms. The van der Waals surface area contributed by atoms with Crippen molar-refractivity contribution in [1.82, 2.24) is 9.88 Å². The van der Waals surface area contributed by atoms with Crippen LogP contribution in [0.25, 0.3) is 0 Å². The Morgan fingerprint density at radius 2 is 2.04 bits per heavy atom. The predicted octanol–water partition coefficient (Wildman–Crippen LogP) is 3.03. The van der Waals surface area contributed by atoms with Gasteiger partial charge in [-0.15, -0.1) is 0 Å². The van der Waals surface area contributed by atoms with Gasteiger partial charge in [0, 0.05) is 43.8 Å². The van der Waals surface area contributed by atoms with Crippen LogP contribution in [0.4, 0.5) is 5.69 Å². The van der Waals surface area contributed by atoms with Gasteiger partial charge < -0.3 is 14.9 Å². The van der Waals surface area contributed by atoms with Gasteiger partial charge in [-0.05, 0) is 43.2 Å². The van der Waals surface area contributed by atoms with Crippen LogP contribution >= 0.6 is 11.6 Å². The number of anilines is 1. The molecule has 2 heterocycles. The SMILES string of the molecule is Cc1cc(N2CCCN(C(=O)Cc3ccc(O)c(Cl)c3)CC2)ccn1. The van der Waals surface area contributed by atoms with E-state index in [4.69, 9.17) is 11.6 Å². The number of rotatable bonds is 3. The van der Waals surface area contributed by atoms with E-state index in [-0.39, 0.29) is 16.7 Å². The maximum absolute atomic E-state index is 12.6. The smallest absolute Gasteiger partial charge is 0.227 e. The van der Waals surface area contributed by atoms with Crippen molar-refractivity contribution in [3.05, 3.63) is 52.8 Å². The fourth-order valence-electron chi connectivity index (χ4n) is 3.10. The van der Waals surface area contributed by atoms with Crippen LogP contribution < -0.4 is 4.90 Å². The van der Waals surface area contributed by atoms with Gasteiger partial charge in [-0.2, -0.15) is 0 Å². The van der Waals surface area contributed by atoms with Crippen LogP contribution in [-0.2, 0) is 11.2 Å². The van der Waals surface area contributed by atoms with Crippen molar-refractivity contribution in [3.8, 4) is 5.75 Å². The normalized spacial score (nSPS) is 15.1. The number of amides is 1. The molecule has 1 N–H and O–H groups in total. The number of carbonyl (C=O) groups excluding carboxylic acids is 1. The first kappa shape index (κ1) is 17.5. The zero-order valence-corrected chi connectivity index (χ0v) is 15.0. The monoisotopic (exact) mass is 359 g/mol. The minimum Gasteiger partial charge on any atom is -0.506 e. The Bertz CT molecular complexity index is 766. The van der Waals surface area contributed by atoms with Crippen LogP contribution in [0, 0.1) is 6.92 Å². The maximum atomic E-state index is 12.6. The number of hydrogen-bond donors (Lipinski definition) is 1. The highest BCUT2D eigenvalue weighted by molar-refractivity contribution is 6.32. The van der Waals surface area contributed by atoms with Gasteiger partial charge >= 0.3 is 0 Å². The third-order valence-electron chi connectivity index (χ3n) is 4.46. The van der Waals surface area contributed by atoms with Crippen LogP contribution in [0.5, 0.6) is 5.75 Å². The number of nitrogens with zero attached hydrogens (tertiary/aromatic N) is 3. The number of halogens is 1. The molecule has 6 heteroatoms. The molecule has 0 bridgehead atoms. The van der Waals surface area contributed by atoms with Crippen molar-refractivity contribution >= 4 is 23.2 Å². The molecule has 132 valence electrons. The molecular weight excluding hydrogens is 338 g/mol. The topological polar surface area (TPSA) is 56.7 Å². The molecule has 0 aliphatic carbocycles. The summed E-state index contributed by atoms with van der Waals surface area (Å²) in [6, 6.07) is 9.02. The Kier molecular flexibility index (Phi) is 5.43.